The highest BCUT2D eigenvalue weighted by molar-refractivity contribution is 7.80. The van der Waals surface area contributed by atoms with Crippen LogP contribution in [0.4, 0.5) is 11.4 Å². The highest BCUT2D eigenvalue weighted by atomic mass is 35.5. The van der Waals surface area contributed by atoms with Crippen LogP contribution in [0.2, 0.25) is 5.02 Å². The molecule has 0 saturated carbocycles. The number of hydrogen-bond donors (Lipinski definition) is 2. The van der Waals surface area contributed by atoms with Gasteiger partial charge in [-0.3, -0.25) is 0 Å². The van der Waals surface area contributed by atoms with Gasteiger partial charge in [0.05, 0.1) is 0 Å². The number of nitrogens with two attached hydrogens (primary N) is 1. The van der Waals surface area contributed by atoms with E-state index in [0.29, 0.717) is 16.3 Å². The van der Waals surface area contributed by atoms with E-state index in [4.69, 9.17) is 39.0 Å². The van der Waals surface area contributed by atoms with E-state index in [1.165, 1.54) is 0 Å². The van der Waals surface area contributed by atoms with Crippen LogP contribution in [0, 0.1) is 0 Å². The van der Waals surface area contributed by atoms with E-state index >= 15 is 0 Å². The van der Waals surface area contributed by atoms with Gasteiger partial charge in [-0.15, -0.1) is 0 Å². The fraction of sp³-hybridized carbons (Fsp3) is 0.0714. The summed E-state index contributed by atoms with van der Waals surface area (Å²) in [6, 6.07) is 11.0. The molecule has 0 bridgehead atoms. The summed E-state index contributed by atoms with van der Waals surface area (Å²) in [6.45, 7) is 0.248. The van der Waals surface area contributed by atoms with Gasteiger partial charge in [0.2, 0.25) is 6.79 Å². The molecule has 0 unspecified atom stereocenters. The molecule has 0 aromatic heterocycles. The summed E-state index contributed by atoms with van der Waals surface area (Å²) in [5.41, 5.74) is 8.06. The summed E-state index contributed by atoms with van der Waals surface area (Å²) < 4.78 is 10.6. The Morgan fingerprint density at radius 1 is 1.15 bits per heavy atom. The summed E-state index contributed by atoms with van der Waals surface area (Å²) in [7, 11) is 0. The zero-order valence-electron chi connectivity index (χ0n) is 10.4. The van der Waals surface area contributed by atoms with Crippen molar-refractivity contribution in [2.75, 3.05) is 12.1 Å². The van der Waals surface area contributed by atoms with E-state index in [1.807, 2.05) is 24.3 Å². The van der Waals surface area contributed by atoms with Crippen LogP contribution in [0.5, 0.6) is 11.5 Å². The second kappa shape index (κ2) is 5.19. The number of fused-ring (bicyclic) bond motifs is 1. The van der Waals surface area contributed by atoms with E-state index in [-0.39, 0.29) is 11.8 Å². The third-order valence-corrected chi connectivity index (χ3v) is 3.35. The zero-order valence-corrected chi connectivity index (χ0v) is 11.9. The summed E-state index contributed by atoms with van der Waals surface area (Å²) in [5, 5.41) is 3.84. The first-order chi connectivity index (χ1) is 9.63. The third kappa shape index (κ3) is 2.50. The number of ether oxygens (including phenoxy) is 2. The Morgan fingerprint density at radius 2 is 1.95 bits per heavy atom. The number of halogens is 1. The van der Waals surface area contributed by atoms with Gasteiger partial charge in [0.15, 0.2) is 11.5 Å². The molecule has 2 aromatic rings. The molecule has 1 heterocycles. The normalized spacial score (nSPS) is 12.2. The second-order valence-electron chi connectivity index (χ2n) is 4.25. The summed E-state index contributed by atoms with van der Waals surface area (Å²) in [4.78, 5) is 0.288. The SMILES string of the molecule is NC(=S)c1cc(Cl)ccc1Nc1ccc2c(c1)OCO2. The predicted octanol–water partition coefficient (Wildman–Crippen LogP) is 3.45. The lowest BCUT2D eigenvalue weighted by Crippen LogP contribution is -2.11. The lowest BCUT2D eigenvalue weighted by Gasteiger charge is -2.12. The van der Waals surface area contributed by atoms with E-state index in [9.17, 15) is 0 Å². The molecule has 0 saturated heterocycles. The van der Waals surface area contributed by atoms with Crippen molar-refractivity contribution >= 4 is 40.2 Å². The molecule has 0 aliphatic carbocycles. The van der Waals surface area contributed by atoms with Gasteiger partial charge in [-0.2, -0.15) is 0 Å². The maximum Gasteiger partial charge on any atom is 0.231 e. The van der Waals surface area contributed by atoms with Crippen molar-refractivity contribution < 1.29 is 9.47 Å². The first-order valence-corrected chi connectivity index (χ1v) is 6.68. The maximum absolute atomic E-state index is 5.96. The van der Waals surface area contributed by atoms with Crippen LogP contribution >= 0.6 is 23.8 Å². The van der Waals surface area contributed by atoms with Crippen LogP contribution in [0.25, 0.3) is 0 Å². The number of hydrogen-bond acceptors (Lipinski definition) is 4. The molecule has 2 aromatic carbocycles. The molecular weight excluding hydrogens is 296 g/mol. The van der Waals surface area contributed by atoms with Crippen LogP contribution in [-0.2, 0) is 0 Å². The Balaban J connectivity index is 1.93. The number of nitrogens with one attached hydrogen (secondary N) is 1. The first-order valence-electron chi connectivity index (χ1n) is 5.89. The smallest absolute Gasteiger partial charge is 0.231 e. The molecule has 0 fully saturated rings. The Kier molecular flexibility index (Phi) is 3.38. The Labute approximate surface area is 126 Å². The number of thiocarbonyl (C=S) groups is 1. The Morgan fingerprint density at radius 3 is 2.75 bits per heavy atom. The van der Waals surface area contributed by atoms with E-state index in [0.717, 1.165) is 17.1 Å². The third-order valence-electron chi connectivity index (χ3n) is 2.90. The molecule has 1 aliphatic rings. The van der Waals surface area contributed by atoms with Crippen LogP contribution in [0.1, 0.15) is 5.56 Å². The summed E-state index contributed by atoms with van der Waals surface area (Å²) in [6.07, 6.45) is 0. The van der Waals surface area contributed by atoms with Crippen molar-refractivity contribution in [2.24, 2.45) is 5.73 Å². The largest absolute Gasteiger partial charge is 0.454 e. The minimum absolute atomic E-state index is 0.248. The molecule has 1 aliphatic heterocycles. The fourth-order valence-electron chi connectivity index (χ4n) is 1.96. The molecule has 4 nitrogen and oxygen atoms in total. The quantitative estimate of drug-likeness (QED) is 0.851. The van der Waals surface area contributed by atoms with Crippen molar-refractivity contribution in [3.63, 3.8) is 0 Å². The van der Waals surface area contributed by atoms with Crippen molar-refractivity contribution in [1.29, 1.82) is 0 Å². The average Bonchev–Trinajstić information content (AvgIpc) is 2.88. The minimum atomic E-state index is 0.248. The highest BCUT2D eigenvalue weighted by Crippen LogP contribution is 2.35. The van der Waals surface area contributed by atoms with Crippen molar-refractivity contribution in [3.05, 3.63) is 47.0 Å². The van der Waals surface area contributed by atoms with Gasteiger partial charge in [-0.1, -0.05) is 23.8 Å². The van der Waals surface area contributed by atoms with Gasteiger partial charge in [-0.25, -0.2) is 0 Å². The zero-order chi connectivity index (χ0) is 14.1. The lowest BCUT2D eigenvalue weighted by molar-refractivity contribution is 0.174. The van der Waals surface area contributed by atoms with Gasteiger partial charge < -0.3 is 20.5 Å². The van der Waals surface area contributed by atoms with E-state index in [2.05, 4.69) is 5.32 Å². The molecule has 3 rings (SSSR count). The van der Waals surface area contributed by atoms with Crippen LogP contribution in [-0.4, -0.2) is 11.8 Å². The molecular formula is C14H11ClN2O2S. The van der Waals surface area contributed by atoms with Gasteiger partial charge in [-0.05, 0) is 30.3 Å². The molecule has 20 heavy (non-hydrogen) atoms. The number of rotatable bonds is 3. The molecule has 102 valence electrons. The molecule has 0 atom stereocenters. The van der Waals surface area contributed by atoms with E-state index < -0.39 is 0 Å². The van der Waals surface area contributed by atoms with Crippen molar-refractivity contribution in [2.45, 2.75) is 0 Å². The van der Waals surface area contributed by atoms with Gasteiger partial charge in [0.1, 0.15) is 4.99 Å². The molecule has 3 N–H and O–H groups in total. The fourth-order valence-corrected chi connectivity index (χ4v) is 2.30. The van der Waals surface area contributed by atoms with Gasteiger partial charge in [0.25, 0.3) is 0 Å². The minimum Gasteiger partial charge on any atom is -0.454 e. The van der Waals surface area contributed by atoms with Crippen LogP contribution in [0.15, 0.2) is 36.4 Å². The van der Waals surface area contributed by atoms with Gasteiger partial charge >= 0.3 is 0 Å². The second-order valence-corrected chi connectivity index (χ2v) is 5.12. The monoisotopic (exact) mass is 306 g/mol. The lowest BCUT2D eigenvalue weighted by atomic mass is 10.1. The summed E-state index contributed by atoms with van der Waals surface area (Å²) in [5.74, 6) is 1.45. The standard InChI is InChI=1S/C14H11ClN2O2S/c15-8-1-3-11(10(5-8)14(16)20)17-9-2-4-12-13(6-9)19-7-18-12/h1-6,17H,7H2,(H2,16,20). The van der Waals surface area contributed by atoms with Crippen molar-refractivity contribution in [1.82, 2.24) is 0 Å². The summed E-state index contributed by atoms with van der Waals surface area (Å²) >= 11 is 11.0. The maximum atomic E-state index is 5.96. The average molecular weight is 307 g/mol. The van der Waals surface area contributed by atoms with Crippen molar-refractivity contribution in [3.8, 4) is 11.5 Å². The Hall–Kier alpha value is -1.98. The Bertz CT molecular complexity index is 691. The number of benzene rings is 2. The van der Waals surface area contributed by atoms with Crippen LogP contribution in [0.3, 0.4) is 0 Å². The molecule has 0 spiro atoms. The number of anilines is 2. The van der Waals surface area contributed by atoms with Gasteiger partial charge in [0, 0.05) is 28.0 Å². The highest BCUT2D eigenvalue weighted by Gasteiger charge is 2.14. The molecule has 6 heteroatoms. The first kappa shape index (κ1) is 13.0. The topological polar surface area (TPSA) is 56.5 Å². The van der Waals surface area contributed by atoms with Crippen LogP contribution < -0.4 is 20.5 Å². The molecule has 0 amide bonds. The van der Waals surface area contributed by atoms with E-state index in [1.54, 1.807) is 12.1 Å². The predicted molar refractivity (Wildman–Crippen MR) is 83.2 cm³/mol. The molecule has 0 radical (unpaired) electrons.